The van der Waals surface area contributed by atoms with Crippen LogP contribution in [0.1, 0.15) is 0 Å². The Hall–Kier alpha value is -2.64. The van der Waals surface area contributed by atoms with Crippen molar-refractivity contribution in [2.24, 2.45) is 5.73 Å². The first-order valence-electron chi connectivity index (χ1n) is 5.69. The molecule has 8 nitrogen and oxygen atoms in total. The number of nitrogens with one attached hydrogen (secondary N) is 3. The highest BCUT2D eigenvalue weighted by molar-refractivity contribution is 5.97. The highest BCUT2D eigenvalue weighted by Crippen LogP contribution is 2.34. The maximum Gasteiger partial charge on any atom is 0.312 e. The molecule has 1 aromatic rings. The predicted octanol–water partition coefficient (Wildman–Crippen LogP) is -0.320. The lowest BCUT2D eigenvalue weighted by atomic mass is 10.2. The highest BCUT2D eigenvalue weighted by atomic mass is 16.5. The van der Waals surface area contributed by atoms with Crippen molar-refractivity contribution in [3.63, 3.8) is 0 Å². The van der Waals surface area contributed by atoms with Gasteiger partial charge in [-0.15, -0.1) is 0 Å². The minimum Gasteiger partial charge on any atom is -0.482 e. The molecule has 0 atom stereocenters. The molecule has 8 heteroatoms. The molecule has 19 heavy (non-hydrogen) atoms. The fourth-order valence-corrected chi connectivity index (χ4v) is 1.68. The molecule has 7 N–H and O–H groups in total. The number of nitrogen functional groups attached to an aromatic ring is 1. The smallest absolute Gasteiger partial charge is 0.312 e. The van der Waals surface area contributed by atoms with Gasteiger partial charge in [-0.25, -0.2) is 4.79 Å². The number of amides is 3. The third kappa shape index (κ3) is 3.18. The van der Waals surface area contributed by atoms with Gasteiger partial charge < -0.3 is 32.2 Å². The molecule has 0 fully saturated rings. The number of urea groups is 1. The molecule has 0 spiro atoms. The van der Waals surface area contributed by atoms with E-state index in [0.29, 0.717) is 35.9 Å². The Morgan fingerprint density at radius 2 is 2.21 bits per heavy atom. The Bertz CT molecular complexity index is 517. The Kier molecular flexibility index (Phi) is 3.60. The van der Waals surface area contributed by atoms with Crippen LogP contribution in [0.2, 0.25) is 0 Å². The zero-order valence-corrected chi connectivity index (χ0v) is 10.2. The van der Waals surface area contributed by atoms with Gasteiger partial charge in [0, 0.05) is 19.2 Å². The summed E-state index contributed by atoms with van der Waals surface area (Å²) in [6, 6.07) is 2.74. The monoisotopic (exact) mass is 265 g/mol. The van der Waals surface area contributed by atoms with Crippen molar-refractivity contribution >= 4 is 29.0 Å². The first kappa shape index (κ1) is 12.8. The number of benzene rings is 1. The van der Waals surface area contributed by atoms with Crippen LogP contribution < -0.4 is 32.2 Å². The number of anilines is 3. The lowest BCUT2D eigenvalue weighted by Crippen LogP contribution is -2.33. The first-order valence-corrected chi connectivity index (χ1v) is 5.69. The molecule has 102 valence electrons. The summed E-state index contributed by atoms with van der Waals surface area (Å²) in [6.07, 6.45) is 0. The Morgan fingerprint density at radius 3 is 2.95 bits per heavy atom. The Morgan fingerprint density at radius 1 is 1.42 bits per heavy atom. The molecule has 0 bridgehead atoms. The van der Waals surface area contributed by atoms with Crippen molar-refractivity contribution in [2.75, 3.05) is 36.1 Å². The molecule has 0 aromatic heterocycles. The van der Waals surface area contributed by atoms with Crippen molar-refractivity contribution in [2.45, 2.75) is 0 Å². The molecule has 2 rings (SSSR count). The molecule has 0 radical (unpaired) electrons. The maximum atomic E-state index is 11.2. The van der Waals surface area contributed by atoms with E-state index < -0.39 is 6.03 Å². The molecule has 1 aliphatic heterocycles. The molecule has 0 saturated carbocycles. The minimum absolute atomic E-state index is 0.0122. The number of fused-ring (bicyclic) bond motifs is 1. The van der Waals surface area contributed by atoms with Crippen LogP contribution in [0.4, 0.5) is 21.9 Å². The quantitative estimate of drug-likeness (QED) is 0.376. The number of hydrogen-bond acceptors (Lipinski definition) is 5. The summed E-state index contributed by atoms with van der Waals surface area (Å²) >= 11 is 0. The van der Waals surface area contributed by atoms with Gasteiger partial charge in [0.2, 0.25) is 0 Å². The van der Waals surface area contributed by atoms with Crippen molar-refractivity contribution in [1.29, 1.82) is 0 Å². The van der Waals surface area contributed by atoms with Gasteiger partial charge in [-0.05, 0) is 6.07 Å². The number of nitrogens with two attached hydrogens (primary N) is 2. The second kappa shape index (κ2) is 5.34. The van der Waals surface area contributed by atoms with Gasteiger partial charge in [-0.3, -0.25) is 4.79 Å². The fraction of sp³-hybridized carbons (Fsp3) is 0.273. The van der Waals surface area contributed by atoms with Crippen LogP contribution in [0.5, 0.6) is 5.75 Å². The van der Waals surface area contributed by atoms with Crippen molar-refractivity contribution in [1.82, 2.24) is 5.32 Å². The van der Waals surface area contributed by atoms with Crippen LogP contribution in [0.3, 0.4) is 0 Å². The fourth-order valence-electron chi connectivity index (χ4n) is 1.68. The van der Waals surface area contributed by atoms with E-state index in [9.17, 15) is 9.59 Å². The van der Waals surface area contributed by atoms with E-state index in [1.54, 1.807) is 12.1 Å². The second-order valence-corrected chi connectivity index (χ2v) is 3.99. The van der Waals surface area contributed by atoms with E-state index in [1.165, 1.54) is 0 Å². The summed E-state index contributed by atoms with van der Waals surface area (Å²) in [6.45, 7) is 0.817. The van der Waals surface area contributed by atoms with Gasteiger partial charge in [0.1, 0.15) is 5.75 Å². The maximum absolute atomic E-state index is 11.2. The van der Waals surface area contributed by atoms with E-state index >= 15 is 0 Å². The number of carbonyl (C=O) groups is 2. The van der Waals surface area contributed by atoms with Gasteiger partial charge >= 0.3 is 6.03 Å². The van der Waals surface area contributed by atoms with Crippen LogP contribution in [-0.4, -0.2) is 31.6 Å². The summed E-state index contributed by atoms with van der Waals surface area (Å²) in [5.74, 6) is 0.330. The Labute approximate surface area is 109 Å². The summed E-state index contributed by atoms with van der Waals surface area (Å²) < 4.78 is 5.24. The number of primary amides is 1. The van der Waals surface area contributed by atoms with Gasteiger partial charge in [0.25, 0.3) is 5.91 Å². The van der Waals surface area contributed by atoms with E-state index in [1.807, 2.05) is 0 Å². The van der Waals surface area contributed by atoms with E-state index in [0.717, 1.165) is 0 Å². The molecule has 3 amide bonds. The number of ether oxygens (including phenoxy) is 1. The van der Waals surface area contributed by atoms with Gasteiger partial charge in [-0.2, -0.15) is 0 Å². The molecule has 1 aliphatic rings. The van der Waals surface area contributed by atoms with Crippen molar-refractivity contribution in [3.8, 4) is 5.75 Å². The topological polar surface area (TPSA) is 132 Å². The largest absolute Gasteiger partial charge is 0.482 e. The summed E-state index contributed by atoms with van der Waals surface area (Å²) in [5, 5.41) is 8.16. The zero-order chi connectivity index (χ0) is 13.8. The standard InChI is InChI=1S/C11H15N5O3/c12-6-3-9-8(16-10(17)5-19-9)4-7(6)14-1-2-15-11(13)18/h3-4,14H,1-2,5,12H2,(H,16,17)(H3,13,15,18). The second-order valence-electron chi connectivity index (χ2n) is 3.99. The van der Waals surface area contributed by atoms with E-state index in [2.05, 4.69) is 16.0 Å². The normalized spacial score (nSPS) is 12.9. The Balaban J connectivity index is 2.02. The van der Waals surface area contributed by atoms with Crippen LogP contribution in [-0.2, 0) is 4.79 Å². The van der Waals surface area contributed by atoms with Gasteiger partial charge in [-0.1, -0.05) is 0 Å². The average molecular weight is 265 g/mol. The van der Waals surface area contributed by atoms with E-state index in [-0.39, 0.29) is 12.5 Å². The summed E-state index contributed by atoms with van der Waals surface area (Å²) in [7, 11) is 0. The molecular formula is C11H15N5O3. The third-order valence-corrected chi connectivity index (χ3v) is 2.52. The highest BCUT2D eigenvalue weighted by Gasteiger charge is 2.17. The first-order chi connectivity index (χ1) is 9.06. The van der Waals surface area contributed by atoms with Crippen LogP contribution >= 0.6 is 0 Å². The van der Waals surface area contributed by atoms with E-state index in [4.69, 9.17) is 16.2 Å². The molecule has 0 saturated heterocycles. The van der Waals surface area contributed by atoms with Crippen molar-refractivity contribution in [3.05, 3.63) is 12.1 Å². The third-order valence-electron chi connectivity index (χ3n) is 2.52. The number of hydrogen-bond donors (Lipinski definition) is 5. The van der Waals surface area contributed by atoms with Gasteiger partial charge in [0.15, 0.2) is 6.61 Å². The molecule has 1 aromatic carbocycles. The van der Waals surface area contributed by atoms with Gasteiger partial charge in [0.05, 0.1) is 17.1 Å². The minimum atomic E-state index is -0.583. The van der Waals surface area contributed by atoms with Crippen LogP contribution in [0.25, 0.3) is 0 Å². The lowest BCUT2D eigenvalue weighted by molar-refractivity contribution is -0.118. The number of rotatable bonds is 4. The average Bonchev–Trinajstić information content (AvgIpc) is 2.35. The van der Waals surface area contributed by atoms with Crippen molar-refractivity contribution < 1.29 is 14.3 Å². The SMILES string of the molecule is NC(=O)NCCNc1cc2c(cc1N)OCC(=O)N2. The van der Waals surface area contributed by atoms with Crippen LogP contribution in [0.15, 0.2) is 12.1 Å². The molecule has 1 heterocycles. The number of carbonyl (C=O) groups excluding carboxylic acids is 2. The lowest BCUT2D eigenvalue weighted by Gasteiger charge is -2.20. The van der Waals surface area contributed by atoms with Crippen LogP contribution in [0, 0.1) is 0 Å². The predicted molar refractivity (Wildman–Crippen MR) is 71.1 cm³/mol. The molecular weight excluding hydrogens is 250 g/mol. The zero-order valence-electron chi connectivity index (χ0n) is 10.2. The summed E-state index contributed by atoms with van der Waals surface area (Å²) in [5.41, 5.74) is 12.5. The molecule has 0 unspecified atom stereocenters. The molecule has 0 aliphatic carbocycles. The summed E-state index contributed by atoms with van der Waals surface area (Å²) in [4.78, 5) is 21.7.